The van der Waals surface area contributed by atoms with Crippen molar-refractivity contribution in [3.63, 3.8) is 0 Å². The van der Waals surface area contributed by atoms with Crippen LogP contribution in [-0.4, -0.2) is 50.1 Å². The molecule has 0 atom stereocenters. The summed E-state index contributed by atoms with van der Waals surface area (Å²) in [6.07, 6.45) is 1.64. The highest BCUT2D eigenvalue weighted by Gasteiger charge is 2.22. The van der Waals surface area contributed by atoms with Gasteiger partial charge in [0.2, 0.25) is 0 Å². The van der Waals surface area contributed by atoms with Gasteiger partial charge in [-0.3, -0.25) is 14.6 Å². The molecule has 1 aromatic carbocycles. The van der Waals surface area contributed by atoms with E-state index in [9.17, 15) is 29.0 Å². The molecule has 3 aromatic rings. The van der Waals surface area contributed by atoms with E-state index in [4.69, 9.17) is 0 Å². The third kappa shape index (κ3) is 3.61. The fourth-order valence-electron chi connectivity index (χ4n) is 3.19. The first-order valence-corrected chi connectivity index (χ1v) is 9.13. The molecule has 2 heterocycles. The number of nitrogens with zero attached hydrogens (tertiary/aromatic N) is 3. The normalized spacial score (nSPS) is 10.9. The van der Waals surface area contributed by atoms with Gasteiger partial charge in [0.25, 0.3) is 11.5 Å². The number of carbonyl (C=O) groups excluding carboxylic acids is 1. The Balaban J connectivity index is 2.11. The number of aryl methyl sites for hydroxylation is 1. The molecule has 30 heavy (non-hydrogen) atoms. The summed E-state index contributed by atoms with van der Waals surface area (Å²) in [4.78, 5) is 41.8. The standard InChI is InChI=1S/C21H20FN3O5/c1-4-24(2)19(27)14-9-13(22)6-5-12(14)7-11-8-15-17(23-10-11)18(26)16(21(29)30)20(28)25(15)3/h5-6,8-10,26H,4,7H2,1-3H3,(H,29,30). The van der Waals surface area contributed by atoms with Crippen LogP contribution in [0.5, 0.6) is 5.75 Å². The number of rotatable bonds is 5. The minimum Gasteiger partial charge on any atom is -0.505 e. The SMILES string of the molecule is CCN(C)C(=O)c1cc(F)ccc1Cc1cnc2c(O)c(C(=O)O)c(=O)n(C)c2c1. The monoisotopic (exact) mass is 413 g/mol. The second-order valence-corrected chi connectivity index (χ2v) is 6.90. The van der Waals surface area contributed by atoms with Crippen LogP contribution in [0.1, 0.15) is 38.8 Å². The number of carbonyl (C=O) groups is 2. The number of hydrogen-bond donors (Lipinski definition) is 2. The largest absolute Gasteiger partial charge is 0.505 e. The number of fused-ring (bicyclic) bond motifs is 1. The van der Waals surface area contributed by atoms with E-state index in [-0.39, 0.29) is 28.9 Å². The molecule has 0 aliphatic heterocycles. The van der Waals surface area contributed by atoms with E-state index in [0.29, 0.717) is 17.7 Å². The van der Waals surface area contributed by atoms with Gasteiger partial charge in [0, 0.05) is 32.4 Å². The van der Waals surface area contributed by atoms with Crippen LogP contribution in [-0.2, 0) is 13.5 Å². The summed E-state index contributed by atoms with van der Waals surface area (Å²) in [7, 11) is 3.00. The van der Waals surface area contributed by atoms with E-state index in [1.807, 2.05) is 6.92 Å². The second kappa shape index (κ2) is 7.94. The predicted molar refractivity (Wildman–Crippen MR) is 107 cm³/mol. The van der Waals surface area contributed by atoms with Crippen LogP contribution in [0, 0.1) is 5.82 Å². The number of hydrogen-bond acceptors (Lipinski definition) is 5. The summed E-state index contributed by atoms with van der Waals surface area (Å²) < 4.78 is 14.9. The molecule has 1 amide bonds. The molecule has 0 aliphatic rings. The molecule has 0 fully saturated rings. The molecule has 0 saturated carbocycles. The zero-order chi connectivity index (χ0) is 22.2. The van der Waals surface area contributed by atoms with Gasteiger partial charge in [-0.15, -0.1) is 0 Å². The van der Waals surface area contributed by atoms with Crippen LogP contribution in [0.2, 0.25) is 0 Å². The Labute approximate surface area is 170 Å². The van der Waals surface area contributed by atoms with Gasteiger partial charge in [-0.25, -0.2) is 9.18 Å². The minimum absolute atomic E-state index is 0.0284. The van der Waals surface area contributed by atoms with Gasteiger partial charge in [-0.1, -0.05) is 6.07 Å². The van der Waals surface area contributed by atoms with Crippen molar-refractivity contribution in [1.82, 2.24) is 14.5 Å². The highest BCUT2D eigenvalue weighted by molar-refractivity contribution is 5.97. The van der Waals surface area contributed by atoms with Crippen molar-refractivity contribution in [3.05, 3.63) is 68.9 Å². The number of halogens is 1. The predicted octanol–water partition coefficient (Wildman–Crippen LogP) is 2.16. The maximum atomic E-state index is 13.8. The number of amides is 1. The van der Waals surface area contributed by atoms with Crippen molar-refractivity contribution in [2.75, 3.05) is 13.6 Å². The average Bonchev–Trinajstić information content (AvgIpc) is 2.72. The van der Waals surface area contributed by atoms with Gasteiger partial charge in [0.1, 0.15) is 11.3 Å². The molecule has 0 spiro atoms. The lowest BCUT2D eigenvalue weighted by Crippen LogP contribution is -2.27. The maximum absolute atomic E-state index is 13.8. The number of aromatic carboxylic acids is 1. The number of aromatic hydroxyl groups is 1. The van der Waals surface area contributed by atoms with Gasteiger partial charge in [-0.2, -0.15) is 0 Å². The van der Waals surface area contributed by atoms with E-state index < -0.39 is 28.7 Å². The van der Waals surface area contributed by atoms with E-state index in [0.717, 1.165) is 4.57 Å². The molecule has 0 saturated heterocycles. The Bertz CT molecular complexity index is 1240. The van der Waals surface area contributed by atoms with Crippen LogP contribution in [0.3, 0.4) is 0 Å². The number of carboxylic acid groups (broad SMARTS) is 1. The van der Waals surface area contributed by atoms with E-state index in [2.05, 4.69) is 4.98 Å². The lowest BCUT2D eigenvalue weighted by molar-refractivity contribution is 0.0690. The van der Waals surface area contributed by atoms with Gasteiger partial charge in [-0.05, 0) is 42.7 Å². The smallest absolute Gasteiger partial charge is 0.345 e. The third-order valence-corrected chi connectivity index (χ3v) is 5.00. The summed E-state index contributed by atoms with van der Waals surface area (Å²) in [6, 6.07) is 5.53. The van der Waals surface area contributed by atoms with Gasteiger partial charge in [0.15, 0.2) is 11.3 Å². The lowest BCUT2D eigenvalue weighted by atomic mass is 9.99. The van der Waals surface area contributed by atoms with E-state index >= 15 is 0 Å². The van der Waals surface area contributed by atoms with Crippen molar-refractivity contribution >= 4 is 22.9 Å². The minimum atomic E-state index is -1.55. The van der Waals surface area contributed by atoms with Crippen molar-refractivity contribution in [2.24, 2.45) is 7.05 Å². The number of aromatic nitrogens is 2. The summed E-state index contributed by atoms with van der Waals surface area (Å²) >= 11 is 0. The Hall–Kier alpha value is -3.75. The Kier molecular flexibility index (Phi) is 5.55. The Morgan fingerprint density at radius 1 is 1.27 bits per heavy atom. The van der Waals surface area contributed by atoms with Crippen molar-refractivity contribution in [3.8, 4) is 5.75 Å². The van der Waals surface area contributed by atoms with Gasteiger partial charge < -0.3 is 19.7 Å². The molecule has 156 valence electrons. The molecule has 0 bridgehead atoms. The number of carboxylic acids is 1. The third-order valence-electron chi connectivity index (χ3n) is 5.00. The van der Waals surface area contributed by atoms with Crippen LogP contribution < -0.4 is 5.56 Å². The zero-order valence-corrected chi connectivity index (χ0v) is 16.6. The topological polar surface area (TPSA) is 113 Å². The fourth-order valence-corrected chi connectivity index (χ4v) is 3.19. The Morgan fingerprint density at radius 2 is 1.97 bits per heavy atom. The first kappa shape index (κ1) is 21.0. The maximum Gasteiger partial charge on any atom is 0.345 e. The molecule has 8 nitrogen and oxygen atoms in total. The molecule has 2 N–H and O–H groups in total. The number of benzene rings is 1. The molecule has 0 unspecified atom stereocenters. The van der Waals surface area contributed by atoms with Gasteiger partial charge in [0.05, 0.1) is 5.52 Å². The summed E-state index contributed by atoms with van der Waals surface area (Å²) in [5.41, 5.74) is -0.0237. The van der Waals surface area contributed by atoms with E-state index in [1.165, 1.54) is 36.3 Å². The van der Waals surface area contributed by atoms with Crippen molar-refractivity contribution in [1.29, 1.82) is 0 Å². The summed E-state index contributed by atoms with van der Waals surface area (Å²) in [5.74, 6) is -3.10. The highest BCUT2D eigenvalue weighted by atomic mass is 19.1. The van der Waals surface area contributed by atoms with Crippen molar-refractivity contribution < 1.29 is 24.2 Å². The summed E-state index contributed by atoms with van der Waals surface area (Å²) in [6.45, 7) is 2.27. The molecular weight excluding hydrogens is 393 g/mol. The fraction of sp³-hybridized carbons (Fsp3) is 0.238. The first-order valence-electron chi connectivity index (χ1n) is 9.13. The first-order chi connectivity index (χ1) is 14.1. The quantitative estimate of drug-likeness (QED) is 0.663. The molecule has 9 heteroatoms. The molecule has 2 aromatic heterocycles. The zero-order valence-electron chi connectivity index (χ0n) is 16.6. The molecule has 3 rings (SSSR count). The Morgan fingerprint density at radius 3 is 2.60 bits per heavy atom. The molecule has 0 aliphatic carbocycles. The van der Waals surface area contributed by atoms with Crippen LogP contribution in [0.4, 0.5) is 4.39 Å². The van der Waals surface area contributed by atoms with Crippen LogP contribution in [0.25, 0.3) is 11.0 Å². The lowest BCUT2D eigenvalue weighted by Gasteiger charge is -2.17. The van der Waals surface area contributed by atoms with E-state index in [1.54, 1.807) is 13.1 Å². The average molecular weight is 413 g/mol. The molecule has 0 radical (unpaired) electrons. The number of pyridine rings is 2. The summed E-state index contributed by atoms with van der Waals surface area (Å²) in [5, 5.41) is 19.4. The molecular formula is C21H20FN3O5. The van der Waals surface area contributed by atoms with Crippen LogP contribution >= 0.6 is 0 Å². The second-order valence-electron chi connectivity index (χ2n) is 6.90. The highest BCUT2D eigenvalue weighted by Crippen LogP contribution is 2.26. The van der Waals surface area contributed by atoms with Gasteiger partial charge >= 0.3 is 5.97 Å². The van der Waals surface area contributed by atoms with Crippen LogP contribution in [0.15, 0.2) is 35.3 Å². The van der Waals surface area contributed by atoms with Crippen molar-refractivity contribution in [2.45, 2.75) is 13.3 Å².